The summed E-state index contributed by atoms with van der Waals surface area (Å²) in [6.45, 7) is 3.02. The molecule has 0 aliphatic carbocycles. The van der Waals surface area contributed by atoms with E-state index in [1.165, 1.54) is 33.3 Å². The van der Waals surface area contributed by atoms with Crippen LogP contribution in [0.1, 0.15) is 25.3 Å². The van der Waals surface area contributed by atoms with Crippen LogP contribution >= 0.6 is 0 Å². The van der Waals surface area contributed by atoms with Crippen LogP contribution in [0.15, 0.2) is 42.1 Å². The third-order valence-corrected chi connectivity index (χ3v) is 4.72. The molecular formula is C18H23N2+. The highest BCUT2D eigenvalue weighted by Crippen LogP contribution is 2.47. The molecule has 2 aromatic rings. The number of benzene rings is 2. The Labute approximate surface area is 121 Å². The molecule has 2 heteroatoms. The molecule has 104 valence electrons. The molecule has 2 nitrogen and oxygen atoms in total. The lowest BCUT2D eigenvalue weighted by molar-refractivity contribution is 0.506. The third kappa shape index (κ3) is 1.80. The van der Waals surface area contributed by atoms with Gasteiger partial charge in [0.1, 0.15) is 11.4 Å². The second-order valence-corrected chi connectivity index (χ2v) is 6.09. The van der Waals surface area contributed by atoms with Crippen molar-refractivity contribution in [3.05, 3.63) is 47.7 Å². The second kappa shape index (κ2) is 4.72. The van der Waals surface area contributed by atoms with Crippen LogP contribution in [0.25, 0.3) is 16.3 Å². The smallest absolute Gasteiger partial charge is 0.145 e. The highest BCUT2D eigenvalue weighted by molar-refractivity contribution is 6.02. The molecule has 0 fully saturated rings. The Kier molecular flexibility index (Phi) is 3.15. The maximum atomic E-state index is 5.72. The zero-order valence-corrected chi connectivity index (χ0v) is 12.6. The zero-order chi connectivity index (χ0) is 14.3. The number of rotatable bonds is 3. The maximum absolute atomic E-state index is 5.72. The summed E-state index contributed by atoms with van der Waals surface area (Å²) in [7, 11) is 4.55. The van der Waals surface area contributed by atoms with Gasteiger partial charge in [0.15, 0.2) is 0 Å². The Morgan fingerprint density at radius 3 is 2.55 bits per heavy atom. The van der Waals surface area contributed by atoms with Crippen molar-refractivity contribution in [2.45, 2.75) is 19.8 Å². The van der Waals surface area contributed by atoms with E-state index >= 15 is 0 Å². The highest BCUT2D eigenvalue weighted by Gasteiger charge is 2.37. The van der Waals surface area contributed by atoms with E-state index in [1.807, 2.05) is 0 Å². The van der Waals surface area contributed by atoms with Gasteiger partial charge in [-0.25, -0.2) is 0 Å². The Balaban J connectivity index is 2.29. The predicted octanol–water partition coefficient (Wildman–Crippen LogP) is 3.89. The highest BCUT2D eigenvalue weighted by atomic mass is 15.3. The van der Waals surface area contributed by atoms with Gasteiger partial charge in [-0.1, -0.05) is 24.3 Å². The van der Waals surface area contributed by atoms with Crippen LogP contribution in [-0.2, 0) is 0 Å². The molecule has 1 aliphatic rings. The van der Waals surface area contributed by atoms with Crippen molar-refractivity contribution in [3.8, 4) is 0 Å². The van der Waals surface area contributed by atoms with E-state index in [1.54, 1.807) is 0 Å². The average molecular weight is 267 g/mol. The van der Waals surface area contributed by atoms with Crippen LogP contribution in [0.3, 0.4) is 0 Å². The van der Waals surface area contributed by atoms with Gasteiger partial charge < -0.3 is 5.73 Å². The fourth-order valence-electron chi connectivity index (χ4n) is 3.33. The lowest BCUT2D eigenvalue weighted by Gasteiger charge is -2.26. The normalized spacial score (nSPS) is 16.8. The number of fused-ring (bicyclic) bond motifs is 3. The minimum absolute atomic E-state index is 0.754. The molecular weight excluding hydrogens is 244 g/mol. The summed E-state index contributed by atoms with van der Waals surface area (Å²) >= 11 is 0. The quantitative estimate of drug-likeness (QED) is 0.839. The number of hydrogen-bond acceptors (Lipinski definition) is 1. The SMILES string of the molecule is CC1=C(CCCN)c2c(ccc3ccccc23)[N+]1(C)C. The summed E-state index contributed by atoms with van der Waals surface area (Å²) in [5, 5.41) is 2.70. The van der Waals surface area contributed by atoms with Gasteiger partial charge in [-0.3, -0.25) is 4.48 Å². The summed E-state index contributed by atoms with van der Waals surface area (Å²) < 4.78 is 0.861. The summed E-state index contributed by atoms with van der Waals surface area (Å²) in [6.07, 6.45) is 2.13. The van der Waals surface area contributed by atoms with E-state index in [2.05, 4.69) is 57.4 Å². The Morgan fingerprint density at radius 1 is 1.05 bits per heavy atom. The number of nitrogens with zero attached hydrogens (tertiary/aromatic N) is 1. The first-order valence-electron chi connectivity index (χ1n) is 7.34. The number of quaternary nitrogens is 1. The summed E-state index contributed by atoms with van der Waals surface area (Å²) in [6, 6.07) is 13.2. The van der Waals surface area contributed by atoms with Gasteiger partial charge >= 0.3 is 0 Å². The van der Waals surface area contributed by atoms with Gasteiger partial charge in [-0.05, 0) is 36.2 Å². The molecule has 2 N–H and O–H groups in total. The fraction of sp³-hybridized carbons (Fsp3) is 0.333. The van der Waals surface area contributed by atoms with Crippen molar-refractivity contribution in [1.82, 2.24) is 4.48 Å². The van der Waals surface area contributed by atoms with Gasteiger partial charge in [0, 0.05) is 18.6 Å². The van der Waals surface area contributed by atoms with Crippen LogP contribution in [0, 0.1) is 0 Å². The first-order chi connectivity index (χ1) is 9.57. The minimum Gasteiger partial charge on any atom is -0.330 e. The molecule has 0 atom stereocenters. The molecule has 0 unspecified atom stereocenters. The monoisotopic (exact) mass is 267 g/mol. The first-order valence-corrected chi connectivity index (χ1v) is 7.34. The van der Waals surface area contributed by atoms with Gasteiger partial charge in [0.05, 0.1) is 19.7 Å². The molecule has 3 rings (SSSR count). The Bertz CT molecular complexity index is 696. The van der Waals surface area contributed by atoms with E-state index in [-0.39, 0.29) is 0 Å². The number of allylic oxidation sites excluding steroid dienone is 2. The molecule has 0 saturated carbocycles. The van der Waals surface area contributed by atoms with Crippen LogP contribution < -0.4 is 10.2 Å². The average Bonchev–Trinajstić information content (AvgIpc) is 2.65. The minimum atomic E-state index is 0.754. The molecule has 2 aromatic carbocycles. The standard InChI is InChI=1S/C18H23N2/c1-13-15(9-6-12-19)18-16-8-5-4-7-14(16)10-11-17(18)20(13,2)3/h4-5,7-8,10-11H,6,9,12,19H2,1-3H3/q+1. The first kappa shape index (κ1) is 13.3. The van der Waals surface area contributed by atoms with Crippen molar-refractivity contribution >= 4 is 22.0 Å². The summed E-state index contributed by atoms with van der Waals surface area (Å²) in [5.74, 6) is 0. The zero-order valence-electron chi connectivity index (χ0n) is 12.6. The Morgan fingerprint density at radius 2 is 1.80 bits per heavy atom. The van der Waals surface area contributed by atoms with E-state index in [0.29, 0.717) is 0 Å². The van der Waals surface area contributed by atoms with E-state index < -0.39 is 0 Å². The van der Waals surface area contributed by atoms with Crippen molar-refractivity contribution < 1.29 is 0 Å². The van der Waals surface area contributed by atoms with E-state index in [9.17, 15) is 0 Å². The molecule has 1 aliphatic heterocycles. The molecule has 0 radical (unpaired) electrons. The van der Waals surface area contributed by atoms with Crippen LogP contribution in [0.5, 0.6) is 0 Å². The van der Waals surface area contributed by atoms with Crippen molar-refractivity contribution in [3.63, 3.8) is 0 Å². The largest absolute Gasteiger partial charge is 0.330 e. The predicted molar refractivity (Wildman–Crippen MR) is 88.5 cm³/mol. The van der Waals surface area contributed by atoms with E-state index in [0.717, 1.165) is 23.9 Å². The molecule has 0 spiro atoms. The van der Waals surface area contributed by atoms with Crippen molar-refractivity contribution in [1.29, 1.82) is 0 Å². The Hall–Kier alpha value is -1.64. The topological polar surface area (TPSA) is 26.0 Å². The van der Waals surface area contributed by atoms with Gasteiger partial charge in [-0.15, -0.1) is 0 Å². The molecule has 0 saturated heterocycles. The van der Waals surface area contributed by atoms with Crippen LogP contribution in [0.2, 0.25) is 0 Å². The molecule has 0 aromatic heterocycles. The molecule has 0 bridgehead atoms. The number of nitrogens with two attached hydrogens (primary N) is 1. The lowest BCUT2D eigenvalue weighted by Crippen LogP contribution is -2.36. The van der Waals surface area contributed by atoms with Crippen LogP contribution in [0.4, 0.5) is 5.69 Å². The molecule has 1 heterocycles. The van der Waals surface area contributed by atoms with Crippen molar-refractivity contribution in [2.75, 3.05) is 20.6 Å². The maximum Gasteiger partial charge on any atom is 0.145 e. The van der Waals surface area contributed by atoms with Crippen LogP contribution in [-0.4, -0.2) is 20.6 Å². The third-order valence-electron chi connectivity index (χ3n) is 4.72. The molecule has 20 heavy (non-hydrogen) atoms. The molecule has 0 amide bonds. The summed E-state index contributed by atoms with van der Waals surface area (Å²) in [4.78, 5) is 0. The van der Waals surface area contributed by atoms with Gasteiger partial charge in [0.25, 0.3) is 0 Å². The second-order valence-electron chi connectivity index (χ2n) is 6.09. The lowest BCUT2D eigenvalue weighted by atomic mass is 9.95. The number of hydrogen-bond donors (Lipinski definition) is 1. The van der Waals surface area contributed by atoms with Gasteiger partial charge in [0.2, 0.25) is 0 Å². The van der Waals surface area contributed by atoms with E-state index in [4.69, 9.17) is 5.73 Å². The van der Waals surface area contributed by atoms with Gasteiger partial charge in [-0.2, -0.15) is 0 Å². The summed E-state index contributed by atoms with van der Waals surface area (Å²) in [5.41, 5.74) is 11.5. The fourth-order valence-corrected chi connectivity index (χ4v) is 3.33. The van der Waals surface area contributed by atoms with Crippen molar-refractivity contribution in [2.24, 2.45) is 5.73 Å².